The average molecular weight is 429 g/mol. The van der Waals surface area contributed by atoms with Crippen molar-refractivity contribution in [3.05, 3.63) is 80.5 Å². The highest BCUT2D eigenvalue weighted by atomic mass is 79.9. The zero-order valence-corrected chi connectivity index (χ0v) is 14.7. The Morgan fingerprint density at radius 2 is 1.52 bits per heavy atom. The predicted molar refractivity (Wildman–Crippen MR) is 93.4 cm³/mol. The zero-order chi connectivity index (χ0) is 15.0. The van der Waals surface area contributed by atoms with Crippen LogP contribution in [0.5, 0.6) is 0 Å². The van der Waals surface area contributed by atoms with Gasteiger partial charge < -0.3 is 0 Å². The lowest BCUT2D eigenvalue weighted by Crippen LogP contribution is -1.99. The van der Waals surface area contributed by atoms with Crippen molar-refractivity contribution in [2.24, 2.45) is 0 Å². The van der Waals surface area contributed by atoms with E-state index in [9.17, 15) is 4.39 Å². The molecule has 0 fully saturated rings. The van der Waals surface area contributed by atoms with Crippen LogP contribution in [-0.4, -0.2) is 0 Å². The summed E-state index contributed by atoms with van der Waals surface area (Å²) in [5, 5.41) is 1.52. The van der Waals surface area contributed by atoms with Gasteiger partial charge in [-0.05, 0) is 34.5 Å². The maximum absolute atomic E-state index is 14.1. The summed E-state index contributed by atoms with van der Waals surface area (Å²) in [6.45, 7) is 0. The molecule has 0 radical (unpaired) electrons. The van der Waals surface area contributed by atoms with Crippen LogP contribution in [0.4, 0.5) is 4.39 Å². The molecule has 0 bridgehead atoms. The van der Waals surface area contributed by atoms with Crippen molar-refractivity contribution in [1.82, 2.24) is 0 Å². The second-order valence-corrected chi connectivity index (χ2v) is 6.83. The van der Waals surface area contributed by atoms with E-state index < -0.39 is 5.38 Å². The van der Waals surface area contributed by atoms with E-state index in [0.29, 0.717) is 10.0 Å². The molecule has 0 saturated heterocycles. The van der Waals surface area contributed by atoms with Crippen molar-refractivity contribution in [3.63, 3.8) is 0 Å². The Labute approximate surface area is 144 Å². The molecule has 0 saturated carbocycles. The lowest BCUT2D eigenvalue weighted by Gasteiger charge is -2.16. The van der Waals surface area contributed by atoms with Crippen molar-refractivity contribution < 1.29 is 4.39 Å². The molecule has 0 spiro atoms. The summed E-state index contributed by atoms with van der Waals surface area (Å²) in [6.07, 6.45) is 0. The predicted octanol–water partition coefficient (Wildman–Crippen LogP) is 6.83. The smallest absolute Gasteiger partial charge is 0.129 e. The molecule has 3 rings (SSSR count). The zero-order valence-electron chi connectivity index (χ0n) is 10.8. The highest BCUT2D eigenvalue weighted by molar-refractivity contribution is 9.11. The van der Waals surface area contributed by atoms with Crippen LogP contribution in [0.1, 0.15) is 16.5 Å². The number of hydrogen-bond donors (Lipinski definition) is 0. The van der Waals surface area contributed by atoms with Crippen LogP contribution in [0.3, 0.4) is 0 Å². The largest absolute Gasteiger partial charge is 0.207 e. The van der Waals surface area contributed by atoms with E-state index >= 15 is 0 Å². The molecule has 3 aromatic carbocycles. The van der Waals surface area contributed by atoms with Crippen molar-refractivity contribution in [3.8, 4) is 0 Å². The third-order valence-corrected chi connectivity index (χ3v) is 5.27. The number of hydrogen-bond acceptors (Lipinski definition) is 0. The van der Waals surface area contributed by atoms with E-state index in [2.05, 4.69) is 31.9 Å². The number of rotatable bonds is 2. The summed E-state index contributed by atoms with van der Waals surface area (Å²) < 4.78 is 15.8. The quantitative estimate of drug-likeness (QED) is 0.392. The molecule has 3 aromatic rings. The summed E-state index contributed by atoms with van der Waals surface area (Å²) >= 11 is 13.5. The molecule has 106 valence electrons. The molecule has 0 aromatic heterocycles. The normalized spacial score (nSPS) is 12.6. The standard InChI is InChI=1S/C17H10Br2ClF/c18-13-9-8-12(10-4-1-2-5-11(10)13)17(20)16-14(19)6-3-7-15(16)21/h1-9,17H. The van der Waals surface area contributed by atoms with Crippen molar-refractivity contribution in [2.45, 2.75) is 5.38 Å². The van der Waals surface area contributed by atoms with E-state index in [-0.39, 0.29) is 5.82 Å². The number of halogens is 4. The van der Waals surface area contributed by atoms with Crippen LogP contribution in [0, 0.1) is 5.82 Å². The van der Waals surface area contributed by atoms with Crippen molar-refractivity contribution in [1.29, 1.82) is 0 Å². The van der Waals surface area contributed by atoms with Crippen LogP contribution in [0.25, 0.3) is 10.8 Å². The van der Waals surface area contributed by atoms with Crippen molar-refractivity contribution in [2.75, 3.05) is 0 Å². The lowest BCUT2D eigenvalue weighted by molar-refractivity contribution is 0.611. The first-order valence-electron chi connectivity index (χ1n) is 6.34. The Bertz CT molecular complexity index is 797. The first-order chi connectivity index (χ1) is 10.1. The molecule has 1 unspecified atom stereocenters. The molecule has 0 nitrogen and oxygen atoms in total. The Kier molecular flexibility index (Phi) is 4.34. The molecule has 21 heavy (non-hydrogen) atoms. The first kappa shape index (κ1) is 15.0. The van der Waals surface area contributed by atoms with E-state index in [1.165, 1.54) is 6.07 Å². The Morgan fingerprint density at radius 3 is 2.24 bits per heavy atom. The van der Waals surface area contributed by atoms with E-state index in [1.54, 1.807) is 12.1 Å². The third kappa shape index (κ3) is 2.75. The maximum Gasteiger partial charge on any atom is 0.129 e. The van der Waals surface area contributed by atoms with Crippen LogP contribution in [0.15, 0.2) is 63.5 Å². The van der Waals surface area contributed by atoms with Crippen LogP contribution in [0.2, 0.25) is 0 Å². The van der Waals surface area contributed by atoms with Crippen LogP contribution in [-0.2, 0) is 0 Å². The van der Waals surface area contributed by atoms with Gasteiger partial charge in [0.1, 0.15) is 5.82 Å². The van der Waals surface area contributed by atoms with E-state index in [4.69, 9.17) is 11.6 Å². The van der Waals surface area contributed by atoms with E-state index in [0.717, 1.165) is 20.8 Å². The molecule has 0 aliphatic rings. The van der Waals surface area contributed by atoms with Gasteiger partial charge in [-0.15, -0.1) is 11.6 Å². The lowest BCUT2D eigenvalue weighted by atomic mass is 9.98. The van der Waals surface area contributed by atoms with Gasteiger partial charge in [0.25, 0.3) is 0 Å². The average Bonchev–Trinajstić information content (AvgIpc) is 2.47. The van der Waals surface area contributed by atoms with Gasteiger partial charge in [-0.1, -0.05) is 68.3 Å². The van der Waals surface area contributed by atoms with Gasteiger partial charge in [0.2, 0.25) is 0 Å². The molecule has 4 heteroatoms. The minimum Gasteiger partial charge on any atom is -0.207 e. The highest BCUT2D eigenvalue weighted by Crippen LogP contribution is 2.40. The molecule has 0 heterocycles. The van der Waals surface area contributed by atoms with Gasteiger partial charge in [-0.3, -0.25) is 0 Å². The molecular formula is C17H10Br2ClF. The minimum absolute atomic E-state index is 0.309. The molecule has 0 aliphatic carbocycles. The topological polar surface area (TPSA) is 0 Å². The summed E-state index contributed by atoms with van der Waals surface area (Å²) in [5.74, 6) is -0.309. The fourth-order valence-electron chi connectivity index (χ4n) is 2.41. The highest BCUT2D eigenvalue weighted by Gasteiger charge is 2.20. The summed E-state index contributed by atoms with van der Waals surface area (Å²) in [6, 6.07) is 16.7. The van der Waals surface area contributed by atoms with Gasteiger partial charge >= 0.3 is 0 Å². The Balaban J connectivity index is 2.23. The summed E-state index contributed by atoms with van der Waals surface area (Å²) in [5.41, 5.74) is 1.35. The fraction of sp³-hybridized carbons (Fsp3) is 0.0588. The monoisotopic (exact) mass is 426 g/mol. The number of fused-ring (bicyclic) bond motifs is 1. The molecule has 0 aliphatic heterocycles. The fourth-order valence-corrected chi connectivity index (χ4v) is 4.01. The van der Waals surface area contributed by atoms with Crippen LogP contribution >= 0.6 is 43.5 Å². The molecular weight excluding hydrogens is 418 g/mol. The molecule has 0 amide bonds. The number of alkyl halides is 1. The molecule has 0 N–H and O–H groups in total. The van der Waals surface area contributed by atoms with Crippen LogP contribution < -0.4 is 0 Å². The maximum atomic E-state index is 14.1. The second kappa shape index (κ2) is 6.07. The van der Waals surface area contributed by atoms with Gasteiger partial charge in [0, 0.05) is 14.5 Å². The second-order valence-electron chi connectivity index (χ2n) is 4.68. The van der Waals surface area contributed by atoms with E-state index in [1.807, 2.05) is 36.4 Å². The van der Waals surface area contributed by atoms with Gasteiger partial charge in [-0.25, -0.2) is 4.39 Å². The van der Waals surface area contributed by atoms with Gasteiger partial charge in [0.05, 0.1) is 5.38 Å². The SMILES string of the molecule is Fc1cccc(Br)c1C(Cl)c1ccc(Br)c2ccccc12. The summed E-state index contributed by atoms with van der Waals surface area (Å²) in [4.78, 5) is 0. The summed E-state index contributed by atoms with van der Waals surface area (Å²) in [7, 11) is 0. The van der Waals surface area contributed by atoms with Gasteiger partial charge in [0.15, 0.2) is 0 Å². The molecule has 1 atom stereocenters. The van der Waals surface area contributed by atoms with Crippen molar-refractivity contribution >= 4 is 54.2 Å². The Hall–Kier alpha value is -0.900. The number of benzene rings is 3. The third-order valence-electron chi connectivity index (χ3n) is 3.43. The first-order valence-corrected chi connectivity index (χ1v) is 8.37. The minimum atomic E-state index is -0.557. The van der Waals surface area contributed by atoms with Gasteiger partial charge in [-0.2, -0.15) is 0 Å². The Morgan fingerprint density at radius 1 is 0.810 bits per heavy atom.